The van der Waals surface area contributed by atoms with Gasteiger partial charge in [0, 0.05) is 5.31 Å². The van der Waals surface area contributed by atoms with Gasteiger partial charge in [-0.2, -0.15) is 0 Å². The zero-order valence-electron chi connectivity index (χ0n) is 11.0. The SMILES string of the molecule is CCC(=C=S)P(=S)(C(C)(C)C)C(C)(C)C. The summed E-state index contributed by atoms with van der Waals surface area (Å²) >= 11 is 11.1. The maximum atomic E-state index is 6.04. The molecule has 0 nitrogen and oxygen atoms in total. The average Bonchev–Trinajstić information content (AvgIpc) is 2.02. The number of hydrogen-bond donors (Lipinski definition) is 0. The molecule has 15 heavy (non-hydrogen) atoms. The number of thiocarbonyl (C=S) groups is 1. The maximum Gasteiger partial charge on any atom is 0.0174 e. The van der Waals surface area contributed by atoms with Crippen molar-refractivity contribution in [3.63, 3.8) is 0 Å². The van der Waals surface area contributed by atoms with Gasteiger partial charge in [0.05, 0.1) is 0 Å². The van der Waals surface area contributed by atoms with Crippen LogP contribution in [0.3, 0.4) is 0 Å². The molecule has 0 amide bonds. The fourth-order valence-corrected chi connectivity index (χ4v) is 7.63. The van der Waals surface area contributed by atoms with E-state index in [2.05, 4.69) is 53.5 Å². The molecule has 0 saturated heterocycles. The second kappa shape index (κ2) is 4.80. The zero-order chi connectivity index (χ0) is 12.5. The molecular weight excluding hydrogens is 239 g/mol. The van der Waals surface area contributed by atoms with Crippen LogP contribution in [-0.2, 0) is 11.8 Å². The van der Waals surface area contributed by atoms with Crippen molar-refractivity contribution in [3.8, 4) is 0 Å². The molecule has 0 spiro atoms. The Morgan fingerprint density at radius 1 is 1.07 bits per heavy atom. The Kier molecular flexibility index (Phi) is 4.96. The van der Waals surface area contributed by atoms with Gasteiger partial charge in [-0.1, -0.05) is 60.3 Å². The molecule has 0 heterocycles. The highest BCUT2D eigenvalue weighted by Crippen LogP contribution is 2.72. The van der Waals surface area contributed by atoms with Crippen LogP contribution in [0.2, 0.25) is 0 Å². The van der Waals surface area contributed by atoms with Gasteiger partial charge in [0.2, 0.25) is 0 Å². The van der Waals surface area contributed by atoms with E-state index in [1.54, 1.807) is 0 Å². The summed E-state index contributed by atoms with van der Waals surface area (Å²) in [5.41, 5.74) is 0. The third-order valence-corrected chi connectivity index (χ3v) is 12.0. The minimum atomic E-state index is -1.66. The van der Waals surface area contributed by atoms with Crippen molar-refractivity contribution >= 4 is 35.1 Å². The van der Waals surface area contributed by atoms with Crippen molar-refractivity contribution in [1.29, 1.82) is 0 Å². The summed E-state index contributed by atoms with van der Waals surface area (Å²) < 4.78 is 0. The van der Waals surface area contributed by atoms with Gasteiger partial charge in [-0.3, -0.25) is 0 Å². The first kappa shape index (κ1) is 15.5. The standard InChI is InChI=1S/C12H23PS2/c1-8-10(9-14)13(15,11(2,3)4)12(5,6)7/h8H2,1-7H3. The molecule has 0 aliphatic rings. The minimum absolute atomic E-state index is 0.123. The van der Waals surface area contributed by atoms with Crippen LogP contribution in [0.1, 0.15) is 54.9 Å². The summed E-state index contributed by atoms with van der Waals surface area (Å²) in [6.45, 7) is 15.6. The third kappa shape index (κ3) is 2.80. The minimum Gasteiger partial charge on any atom is -0.0911 e. The van der Waals surface area contributed by atoms with E-state index < -0.39 is 6.04 Å². The Morgan fingerprint density at radius 2 is 1.40 bits per heavy atom. The second-order valence-electron chi connectivity index (χ2n) is 5.85. The molecule has 88 valence electrons. The Labute approximate surface area is 106 Å². The Bertz CT molecular complexity index is 305. The van der Waals surface area contributed by atoms with Crippen LogP contribution in [0.25, 0.3) is 0 Å². The first-order valence-corrected chi connectivity index (χ1v) is 8.58. The summed E-state index contributed by atoms with van der Waals surface area (Å²) in [5, 5.41) is 4.40. The van der Waals surface area contributed by atoms with Crippen molar-refractivity contribution in [2.75, 3.05) is 0 Å². The second-order valence-corrected chi connectivity index (χ2v) is 12.1. The summed E-state index contributed by atoms with van der Waals surface area (Å²) in [4.78, 5) is 0. The smallest absolute Gasteiger partial charge is 0.0174 e. The number of rotatable bonds is 2. The predicted molar refractivity (Wildman–Crippen MR) is 80.2 cm³/mol. The predicted octanol–water partition coefficient (Wildman–Crippen LogP) is 4.96. The molecule has 0 aromatic heterocycles. The van der Waals surface area contributed by atoms with Gasteiger partial charge in [0.15, 0.2) is 0 Å². The highest BCUT2D eigenvalue weighted by atomic mass is 32.4. The van der Waals surface area contributed by atoms with Crippen LogP contribution < -0.4 is 0 Å². The quantitative estimate of drug-likeness (QED) is 0.510. The van der Waals surface area contributed by atoms with E-state index in [4.69, 9.17) is 24.0 Å². The molecular formula is C12H23PS2. The van der Waals surface area contributed by atoms with Crippen molar-refractivity contribution in [2.45, 2.75) is 65.2 Å². The van der Waals surface area contributed by atoms with E-state index in [1.807, 2.05) is 0 Å². The maximum absolute atomic E-state index is 6.04. The van der Waals surface area contributed by atoms with Crippen molar-refractivity contribution in [3.05, 3.63) is 5.31 Å². The van der Waals surface area contributed by atoms with Gasteiger partial charge in [-0.15, -0.1) is 0 Å². The van der Waals surface area contributed by atoms with Crippen LogP contribution in [-0.4, -0.2) is 15.3 Å². The highest BCUT2D eigenvalue weighted by Gasteiger charge is 2.43. The lowest BCUT2D eigenvalue weighted by atomic mass is 10.2. The summed E-state index contributed by atoms with van der Waals surface area (Å²) in [6, 6.07) is -1.66. The molecule has 0 saturated carbocycles. The van der Waals surface area contributed by atoms with E-state index in [9.17, 15) is 0 Å². The van der Waals surface area contributed by atoms with E-state index in [1.165, 1.54) is 5.31 Å². The van der Waals surface area contributed by atoms with E-state index in [0.29, 0.717) is 0 Å². The van der Waals surface area contributed by atoms with Crippen molar-refractivity contribution in [2.24, 2.45) is 0 Å². The summed E-state index contributed by atoms with van der Waals surface area (Å²) in [5.74, 6) is 0. The van der Waals surface area contributed by atoms with Gasteiger partial charge in [0.25, 0.3) is 0 Å². The number of hydrogen-bond acceptors (Lipinski definition) is 2. The first-order valence-electron chi connectivity index (χ1n) is 5.37. The number of allylic oxidation sites excluding steroid dienone is 1. The molecule has 0 bridgehead atoms. The van der Waals surface area contributed by atoms with E-state index in [-0.39, 0.29) is 10.3 Å². The molecule has 0 aliphatic heterocycles. The van der Waals surface area contributed by atoms with Crippen LogP contribution in [0, 0.1) is 0 Å². The van der Waals surface area contributed by atoms with Gasteiger partial charge < -0.3 is 0 Å². The van der Waals surface area contributed by atoms with Gasteiger partial charge in [0.1, 0.15) is 0 Å². The third-order valence-electron chi connectivity index (χ3n) is 2.72. The fraction of sp³-hybridized carbons (Fsp3) is 0.833. The average molecular weight is 262 g/mol. The monoisotopic (exact) mass is 262 g/mol. The molecule has 0 N–H and O–H groups in total. The van der Waals surface area contributed by atoms with Crippen molar-refractivity contribution < 1.29 is 0 Å². The molecule has 0 rings (SSSR count). The van der Waals surface area contributed by atoms with Crippen LogP contribution in [0.15, 0.2) is 5.31 Å². The molecule has 3 heteroatoms. The largest absolute Gasteiger partial charge is 0.0911 e. The zero-order valence-corrected chi connectivity index (χ0v) is 13.5. The molecule has 0 fully saturated rings. The Morgan fingerprint density at radius 3 is 1.47 bits per heavy atom. The molecule has 0 atom stereocenters. The van der Waals surface area contributed by atoms with Gasteiger partial charge in [-0.05, 0) is 40.0 Å². The highest BCUT2D eigenvalue weighted by molar-refractivity contribution is 8.18. The van der Waals surface area contributed by atoms with E-state index >= 15 is 0 Å². The van der Waals surface area contributed by atoms with Gasteiger partial charge in [-0.25, -0.2) is 0 Å². The summed E-state index contributed by atoms with van der Waals surface area (Å²) in [7, 11) is 0. The van der Waals surface area contributed by atoms with Crippen LogP contribution in [0.4, 0.5) is 0 Å². The van der Waals surface area contributed by atoms with Gasteiger partial charge >= 0.3 is 0 Å². The van der Waals surface area contributed by atoms with E-state index in [0.717, 1.165) is 6.42 Å². The topological polar surface area (TPSA) is 0 Å². The molecule has 0 aliphatic carbocycles. The molecule has 0 aromatic rings. The normalized spacial score (nSPS) is 13.5. The summed E-state index contributed by atoms with van der Waals surface area (Å²) in [6.07, 6.45) is 0.940. The Hall–Kier alpha value is 0.520. The molecule has 0 aromatic carbocycles. The molecule has 0 unspecified atom stereocenters. The first-order chi connectivity index (χ1) is 6.52. The lowest BCUT2D eigenvalue weighted by Gasteiger charge is -2.45. The lowest BCUT2D eigenvalue weighted by molar-refractivity contribution is 0.707. The van der Waals surface area contributed by atoms with Crippen LogP contribution >= 0.6 is 18.3 Å². The van der Waals surface area contributed by atoms with Crippen molar-refractivity contribution in [1.82, 2.24) is 0 Å². The Balaban J connectivity index is 5.88. The fourth-order valence-electron chi connectivity index (χ4n) is 2.18. The van der Waals surface area contributed by atoms with Crippen LogP contribution in [0.5, 0.6) is 0 Å². The molecule has 0 radical (unpaired) electrons. The lowest BCUT2D eigenvalue weighted by Crippen LogP contribution is -2.29.